The van der Waals surface area contributed by atoms with Crippen LogP contribution in [-0.4, -0.2) is 23.8 Å². The van der Waals surface area contributed by atoms with Gasteiger partial charge in [0, 0.05) is 12.0 Å². The molecule has 1 aromatic heterocycles. The van der Waals surface area contributed by atoms with E-state index in [0.717, 1.165) is 42.2 Å². The zero-order valence-electron chi connectivity index (χ0n) is 12.0. The van der Waals surface area contributed by atoms with E-state index in [0.29, 0.717) is 18.3 Å². The summed E-state index contributed by atoms with van der Waals surface area (Å²) in [6.45, 7) is 0.845. The van der Waals surface area contributed by atoms with Crippen molar-refractivity contribution in [3.63, 3.8) is 0 Å². The van der Waals surface area contributed by atoms with Gasteiger partial charge in [0.2, 0.25) is 11.7 Å². The molecule has 112 valence electrons. The number of methoxy groups -OCH3 is 1. The highest BCUT2D eigenvalue weighted by atomic mass is 16.5. The Bertz CT molecular complexity index is 608. The van der Waals surface area contributed by atoms with E-state index in [1.54, 1.807) is 7.11 Å². The van der Waals surface area contributed by atoms with Crippen molar-refractivity contribution in [2.45, 2.75) is 31.8 Å². The third kappa shape index (κ3) is 3.33. The molecule has 0 radical (unpaired) electrons. The molecular weight excluding hydrogens is 270 g/mol. The Morgan fingerprint density at radius 3 is 2.95 bits per heavy atom. The number of nitrogens with two attached hydrogens (primary N) is 1. The highest BCUT2D eigenvalue weighted by Gasteiger charge is 2.29. The minimum absolute atomic E-state index is 0.279. The summed E-state index contributed by atoms with van der Waals surface area (Å²) in [6, 6.07) is 5.72. The maximum atomic E-state index is 5.81. The first-order chi connectivity index (χ1) is 10.3. The normalized spacial score (nSPS) is 14.2. The van der Waals surface area contributed by atoms with Gasteiger partial charge in [-0.2, -0.15) is 4.98 Å². The molecule has 1 aromatic carbocycles. The molecule has 0 amide bonds. The van der Waals surface area contributed by atoms with E-state index in [9.17, 15) is 0 Å². The molecule has 3 rings (SSSR count). The average Bonchev–Trinajstić information content (AvgIpc) is 3.25. The minimum atomic E-state index is 0.279. The Morgan fingerprint density at radius 1 is 1.38 bits per heavy atom. The maximum absolute atomic E-state index is 5.81. The molecule has 1 aliphatic carbocycles. The zero-order chi connectivity index (χ0) is 14.7. The lowest BCUT2D eigenvalue weighted by molar-refractivity contribution is 0.281. The molecule has 1 aliphatic rings. The molecule has 2 aromatic rings. The van der Waals surface area contributed by atoms with E-state index in [-0.39, 0.29) is 6.61 Å². The van der Waals surface area contributed by atoms with Gasteiger partial charge in [0.25, 0.3) is 0 Å². The number of ether oxygens (including phenoxy) is 2. The molecule has 0 spiro atoms. The van der Waals surface area contributed by atoms with Crippen LogP contribution in [0, 0.1) is 0 Å². The van der Waals surface area contributed by atoms with Gasteiger partial charge >= 0.3 is 0 Å². The van der Waals surface area contributed by atoms with Crippen molar-refractivity contribution in [3.05, 3.63) is 35.5 Å². The number of benzene rings is 1. The molecular formula is C15H19N3O3. The Balaban J connectivity index is 1.69. The van der Waals surface area contributed by atoms with Crippen molar-refractivity contribution in [2.75, 3.05) is 13.7 Å². The van der Waals surface area contributed by atoms with E-state index < -0.39 is 0 Å². The molecule has 6 heteroatoms. The fourth-order valence-corrected chi connectivity index (χ4v) is 2.12. The van der Waals surface area contributed by atoms with E-state index in [1.807, 2.05) is 18.2 Å². The summed E-state index contributed by atoms with van der Waals surface area (Å²) in [4.78, 5) is 4.35. The second-order valence-electron chi connectivity index (χ2n) is 5.12. The largest absolute Gasteiger partial charge is 0.497 e. The maximum Gasteiger partial charge on any atom is 0.229 e. The Morgan fingerprint density at radius 2 is 2.24 bits per heavy atom. The second kappa shape index (κ2) is 6.13. The third-order valence-electron chi connectivity index (χ3n) is 3.46. The van der Waals surface area contributed by atoms with E-state index >= 15 is 0 Å². The fraction of sp³-hybridized carbons (Fsp3) is 0.467. The van der Waals surface area contributed by atoms with Gasteiger partial charge in [-0.25, -0.2) is 0 Å². The first-order valence-electron chi connectivity index (χ1n) is 7.12. The molecule has 0 aliphatic heterocycles. The van der Waals surface area contributed by atoms with Gasteiger partial charge in [0.15, 0.2) is 6.61 Å². The van der Waals surface area contributed by atoms with E-state index in [2.05, 4.69) is 10.1 Å². The van der Waals surface area contributed by atoms with Crippen molar-refractivity contribution >= 4 is 0 Å². The van der Waals surface area contributed by atoms with Crippen LogP contribution >= 0.6 is 0 Å². The van der Waals surface area contributed by atoms with Crippen LogP contribution in [0.2, 0.25) is 0 Å². The highest BCUT2D eigenvalue weighted by Crippen LogP contribution is 2.38. The number of hydrogen-bond acceptors (Lipinski definition) is 6. The molecule has 1 fully saturated rings. The van der Waals surface area contributed by atoms with Gasteiger partial charge in [0.1, 0.15) is 11.5 Å². The topological polar surface area (TPSA) is 83.4 Å². The van der Waals surface area contributed by atoms with Crippen LogP contribution in [0.5, 0.6) is 11.5 Å². The molecule has 0 unspecified atom stereocenters. The molecule has 0 bridgehead atoms. The van der Waals surface area contributed by atoms with Crippen LogP contribution in [0.3, 0.4) is 0 Å². The smallest absolute Gasteiger partial charge is 0.229 e. The monoisotopic (exact) mass is 289 g/mol. The van der Waals surface area contributed by atoms with Crippen molar-refractivity contribution < 1.29 is 14.0 Å². The van der Waals surface area contributed by atoms with E-state index in [1.165, 1.54) is 0 Å². The lowest BCUT2D eigenvalue weighted by Gasteiger charge is -2.11. The number of aromatic nitrogens is 2. The van der Waals surface area contributed by atoms with Gasteiger partial charge in [-0.15, -0.1) is 0 Å². The van der Waals surface area contributed by atoms with Crippen molar-refractivity contribution in [3.8, 4) is 11.5 Å². The lowest BCUT2D eigenvalue weighted by atomic mass is 10.1. The number of rotatable bonds is 7. The summed E-state index contributed by atoms with van der Waals surface area (Å²) < 4.78 is 16.2. The first kappa shape index (κ1) is 13.9. The quantitative estimate of drug-likeness (QED) is 0.839. The Labute approximate surface area is 123 Å². The lowest BCUT2D eigenvalue weighted by Crippen LogP contribution is -2.06. The third-order valence-corrected chi connectivity index (χ3v) is 3.46. The van der Waals surface area contributed by atoms with Gasteiger partial charge in [0.05, 0.1) is 7.11 Å². The van der Waals surface area contributed by atoms with Crippen molar-refractivity contribution in [1.82, 2.24) is 10.1 Å². The van der Waals surface area contributed by atoms with Crippen LogP contribution in [0.4, 0.5) is 0 Å². The summed E-state index contributed by atoms with van der Waals surface area (Å²) in [5.41, 5.74) is 6.67. The minimum Gasteiger partial charge on any atom is -0.497 e. The van der Waals surface area contributed by atoms with Gasteiger partial charge in [-0.3, -0.25) is 0 Å². The van der Waals surface area contributed by atoms with Gasteiger partial charge < -0.3 is 19.7 Å². The second-order valence-corrected chi connectivity index (χ2v) is 5.12. The van der Waals surface area contributed by atoms with Crippen LogP contribution in [-0.2, 0) is 13.0 Å². The van der Waals surface area contributed by atoms with Crippen LogP contribution in [0.15, 0.2) is 22.7 Å². The SMILES string of the molecule is COc1ccc(CCN)c(OCc2noc(C3CC3)n2)c1. The summed E-state index contributed by atoms with van der Waals surface area (Å²) in [6.07, 6.45) is 3.02. The first-order valence-corrected chi connectivity index (χ1v) is 7.12. The van der Waals surface area contributed by atoms with Gasteiger partial charge in [-0.05, 0) is 37.4 Å². The average molecular weight is 289 g/mol. The van der Waals surface area contributed by atoms with Crippen LogP contribution in [0.25, 0.3) is 0 Å². The number of hydrogen-bond donors (Lipinski definition) is 1. The molecule has 0 saturated heterocycles. The van der Waals surface area contributed by atoms with Crippen LogP contribution < -0.4 is 15.2 Å². The molecule has 1 saturated carbocycles. The van der Waals surface area contributed by atoms with Crippen LogP contribution in [0.1, 0.15) is 36.0 Å². The number of nitrogens with zero attached hydrogens (tertiary/aromatic N) is 2. The Hall–Kier alpha value is -2.08. The molecule has 21 heavy (non-hydrogen) atoms. The molecule has 6 nitrogen and oxygen atoms in total. The molecule has 0 atom stereocenters. The van der Waals surface area contributed by atoms with Crippen molar-refractivity contribution in [2.24, 2.45) is 5.73 Å². The molecule has 1 heterocycles. The van der Waals surface area contributed by atoms with E-state index in [4.69, 9.17) is 19.7 Å². The standard InChI is InChI=1S/C15H19N3O3/c1-19-12-5-4-10(6-7-16)13(8-12)20-9-14-17-15(21-18-14)11-2-3-11/h4-5,8,11H,2-3,6-7,9,16H2,1H3. The summed E-state index contributed by atoms with van der Waals surface area (Å²) >= 11 is 0. The highest BCUT2D eigenvalue weighted by molar-refractivity contribution is 5.41. The summed E-state index contributed by atoms with van der Waals surface area (Å²) in [5.74, 6) is 3.24. The summed E-state index contributed by atoms with van der Waals surface area (Å²) in [5, 5.41) is 3.94. The van der Waals surface area contributed by atoms with Crippen molar-refractivity contribution in [1.29, 1.82) is 0 Å². The fourth-order valence-electron chi connectivity index (χ4n) is 2.12. The predicted molar refractivity (Wildman–Crippen MR) is 76.4 cm³/mol. The zero-order valence-corrected chi connectivity index (χ0v) is 12.0. The molecule has 2 N–H and O–H groups in total. The summed E-state index contributed by atoms with van der Waals surface area (Å²) in [7, 11) is 1.63. The predicted octanol–water partition coefficient (Wildman–Crippen LogP) is 2.04. The Kier molecular flexibility index (Phi) is 4.06. The van der Waals surface area contributed by atoms with Gasteiger partial charge in [-0.1, -0.05) is 11.2 Å².